The summed E-state index contributed by atoms with van der Waals surface area (Å²) in [7, 11) is 0. The van der Waals surface area contributed by atoms with E-state index in [2.05, 4.69) is 5.32 Å². The molecule has 0 aliphatic heterocycles. The Morgan fingerprint density at radius 2 is 2.00 bits per heavy atom. The number of benzene rings is 1. The first kappa shape index (κ1) is 13.8. The van der Waals surface area contributed by atoms with Crippen LogP contribution in [-0.2, 0) is 4.79 Å². The summed E-state index contributed by atoms with van der Waals surface area (Å²) in [4.78, 5) is 11.7. The molecular formula is C14H18F2N2O. The van der Waals surface area contributed by atoms with Crippen molar-refractivity contribution in [2.24, 2.45) is 5.92 Å². The van der Waals surface area contributed by atoms with E-state index in [1.54, 1.807) is 0 Å². The zero-order valence-electron chi connectivity index (χ0n) is 10.7. The summed E-state index contributed by atoms with van der Waals surface area (Å²) < 4.78 is 26.6. The Hall–Kier alpha value is -1.65. The number of hydrogen-bond acceptors (Lipinski definition) is 2. The maximum absolute atomic E-state index is 13.5. The molecule has 1 fully saturated rings. The molecule has 1 aliphatic carbocycles. The molecule has 1 aliphatic rings. The van der Waals surface area contributed by atoms with Crippen molar-refractivity contribution in [3.8, 4) is 0 Å². The number of nitrogens with one attached hydrogen (secondary N) is 1. The van der Waals surface area contributed by atoms with E-state index in [9.17, 15) is 13.6 Å². The van der Waals surface area contributed by atoms with Crippen molar-refractivity contribution in [1.29, 1.82) is 0 Å². The van der Waals surface area contributed by atoms with Crippen LogP contribution in [0, 0.1) is 17.6 Å². The third kappa shape index (κ3) is 3.43. The number of rotatable bonds is 4. The van der Waals surface area contributed by atoms with Gasteiger partial charge in [0.1, 0.15) is 5.69 Å². The Bertz CT molecular complexity index is 471. The molecule has 104 valence electrons. The SMILES string of the molecule is Nc1ccc(F)c(F)c1NC(=O)CCC1CCCC1. The molecule has 0 saturated heterocycles. The van der Waals surface area contributed by atoms with Gasteiger partial charge >= 0.3 is 0 Å². The van der Waals surface area contributed by atoms with Gasteiger partial charge in [-0.15, -0.1) is 0 Å². The molecule has 1 saturated carbocycles. The summed E-state index contributed by atoms with van der Waals surface area (Å²) in [6.45, 7) is 0. The molecule has 0 atom stereocenters. The molecule has 19 heavy (non-hydrogen) atoms. The highest BCUT2D eigenvalue weighted by Crippen LogP contribution is 2.29. The van der Waals surface area contributed by atoms with E-state index in [1.165, 1.54) is 18.9 Å². The minimum absolute atomic E-state index is 0.0353. The zero-order chi connectivity index (χ0) is 13.8. The van der Waals surface area contributed by atoms with Crippen molar-refractivity contribution in [3.05, 3.63) is 23.8 Å². The van der Waals surface area contributed by atoms with Gasteiger partial charge in [-0.05, 0) is 24.5 Å². The predicted molar refractivity (Wildman–Crippen MR) is 70.6 cm³/mol. The van der Waals surface area contributed by atoms with Crippen LogP contribution in [0.3, 0.4) is 0 Å². The second kappa shape index (κ2) is 5.99. The van der Waals surface area contributed by atoms with Gasteiger partial charge in [0.2, 0.25) is 5.91 Å². The van der Waals surface area contributed by atoms with Crippen molar-refractivity contribution in [2.75, 3.05) is 11.1 Å². The maximum Gasteiger partial charge on any atom is 0.224 e. The molecule has 3 N–H and O–H groups in total. The summed E-state index contributed by atoms with van der Waals surface area (Å²) in [5.74, 6) is -1.85. The molecule has 0 aromatic heterocycles. The summed E-state index contributed by atoms with van der Waals surface area (Å²) in [5, 5.41) is 2.36. The molecule has 0 unspecified atom stereocenters. The smallest absolute Gasteiger partial charge is 0.224 e. The van der Waals surface area contributed by atoms with Gasteiger partial charge in [0.05, 0.1) is 5.69 Å². The standard InChI is InChI=1S/C14H18F2N2O/c15-10-6-7-11(17)14(13(10)16)18-12(19)8-5-9-3-1-2-4-9/h6-7,9H,1-5,8,17H2,(H,18,19). The van der Waals surface area contributed by atoms with Gasteiger partial charge in [-0.2, -0.15) is 0 Å². The van der Waals surface area contributed by atoms with Crippen LogP contribution < -0.4 is 11.1 Å². The summed E-state index contributed by atoms with van der Waals surface area (Å²) >= 11 is 0. The molecule has 0 bridgehead atoms. The Labute approximate surface area is 111 Å². The number of amides is 1. The lowest BCUT2D eigenvalue weighted by molar-refractivity contribution is -0.116. The Balaban J connectivity index is 1.93. The minimum Gasteiger partial charge on any atom is -0.397 e. The Kier molecular flexibility index (Phi) is 4.35. The predicted octanol–water partition coefficient (Wildman–Crippen LogP) is 3.46. The third-order valence-electron chi connectivity index (χ3n) is 3.65. The molecule has 1 aromatic carbocycles. The monoisotopic (exact) mass is 268 g/mol. The highest BCUT2D eigenvalue weighted by Gasteiger charge is 2.18. The van der Waals surface area contributed by atoms with Gasteiger partial charge < -0.3 is 11.1 Å². The summed E-state index contributed by atoms with van der Waals surface area (Å²) in [5.41, 5.74) is 5.32. The number of carbonyl (C=O) groups is 1. The van der Waals surface area contributed by atoms with E-state index in [0.717, 1.165) is 25.3 Å². The van der Waals surface area contributed by atoms with Gasteiger partial charge in [-0.1, -0.05) is 25.7 Å². The van der Waals surface area contributed by atoms with Crippen molar-refractivity contribution in [3.63, 3.8) is 0 Å². The molecule has 1 amide bonds. The number of anilines is 2. The van der Waals surface area contributed by atoms with Crippen LogP contribution in [0.25, 0.3) is 0 Å². The van der Waals surface area contributed by atoms with E-state index in [0.29, 0.717) is 12.3 Å². The van der Waals surface area contributed by atoms with E-state index in [-0.39, 0.29) is 17.3 Å². The van der Waals surface area contributed by atoms with E-state index >= 15 is 0 Å². The molecule has 1 aromatic rings. The highest BCUT2D eigenvalue weighted by molar-refractivity contribution is 5.93. The van der Waals surface area contributed by atoms with Crippen LogP contribution >= 0.6 is 0 Å². The number of nitrogens with two attached hydrogens (primary N) is 1. The van der Waals surface area contributed by atoms with Gasteiger partial charge in [-0.25, -0.2) is 8.78 Å². The lowest BCUT2D eigenvalue weighted by Gasteiger charge is -2.11. The highest BCUT2D eigenvalue weighted by atomic mass is 19.2. The van der Waals surface area contributed by atoms with Crippen molar-refractivity contribution in [2.45, 2.75) is 38.5 Å². The topological polar surface area (TPSA) is 55.1 Å². The first-order chi connectivity index (χ1) is 9.08. The number of carbonyl (C=O) groups excluding carboxylic acids is 1. The first-order valence-electron chi connectivity index (χ1n) is 6.61. The van der Waals surface area contributed by atoms with Gasteiger partial charge in [0.15, 0.2) is 11.6 Å². The Morgan fingerprint density at radius 1 is 1.32 bits per heavy atom. The lowest BCUT2D eigenvalue weighted by Crippen LogP contribution is -2.15. The molecule has 3 nitrogen and oxygen atoms in total. The minimum atomic E-state index is -1.10. The second-order valence-corrected chi connectivity index (χ2v) is 5.06. The fourth-order valence-electron chi connectivity index (χ4n) is 2.53. The number of nitrogen functional groups attached to an aromatic ring is 1. The summed E-state index contributed by atoms with van der Waals surface area (Å²) in [6.07, 6.45) is 5.87. The van der Waals surface area contributed by atoms with Gasteiger partial charge in [0.25, 0.3) is 0 Å². The largest absolute Gasteiger partial charge is 0.397 e. The van der Waals surface area contributed by atoms with Crippen LogP contribution in [-0.4, -0.2) is 5.91 Å². The fourth-order valence-corrected chi connectivity index (χ4v) is 2.53. The van der Waals surface area contributed by atoms with Crippen LogP contribution in [0.1, 0.15) is 38.5 Å². The van der Waals surface area contributed by atoms with Gasteiger partial charge in [-0.3, -0.25) is 4.79 Å². The number of hydrogen-bond donors (Lipinski definition) is 2. The molecule has 0 heterocycles. The van der Waals surface area contributed by atoms with Crippen LogP contribution in [0.4, 0.5) is 20.2 Å². The normalized spacial score (nSPS) is 15.7. The van der Waals surface area contributed by atoms with Crippen molar-refractivity contribution in [1.82, 2.24) is 0 Å². The quantitative estimate of drug-likeness (QED) is 0.822. The number of halogens is 2. The van der Waals surface area contributed by atoms with Crippen molar-refractivity contribution >= 4 is 17.3 Å². The zero-order valence-corrected chi connectivity index (χ0v) is 10.7. The van der Waals surface area contributed by atoms with Crippen molar-refractivity contribution < 1.29 is 13.6 Å². The van der Waals surface area contributed by atoms with Crippen LogP contribution in [0.15, 0.2) is 12.1 Å². The third-order valence-corrected chi connectivity index (χ3v) is 3.65. The Morgan fingerprint density at radius 3 is 2.68 bits per heavy atom. The average molecular weight is 268 g/mol. The second-order valence-electron chi connectivity index (χ2n) is 5.06. The van der Waals surface area contributed by atoms with E-state index in [4.69, 9.17) is 5.73 Å². The van der Waals surface area contributed by atoms with E-state index in [1.807, 2.05) is 0 Å². The van der Waals surface area contributed by atoms with E-state index < -0.39 is 11.6 Å². The maximum atomic E-state index is 13.5. The fraction of sp³-hybridized carbons (Fsp3) is 0.500. The average Bonchev–Trinajstić information content (AvgIpc) is 2.90. The molecule has 2 rings (SSSR count). The summed E-state index contributed by atoms with van der Waals surface area (Å²) in [6, 6.07) is 2.18. The van der Waals surface area contributed by atoms with Gasteiger partial charge in [0, 0.05) is 6.42 Å². The molecule has 0 radical (unpaired) electrons. The van der Waals surface area contributed by atoms with Crippen LogP contribution in [0.5, 0.6) is 0 Å². The lowest BCUT2D eigenvalue weighted by atomic mass is 10.0. The molecule has 0 spiro atoms. The van der Waals surface area contributed by atoms with Crippen LogP contribution in [0.2, 0.25) is 0 Å². The molecule has 5 heteroatoms. The first-order valence-corrected chi connectivity index (χ1v) is 6.61. The molecular weight excluding hydrogens is 250 g/mol.